The van der Waals surface area contributed by atoms with Crippen molar-refractivity contribution in [1.29, 1.82) is 0 Å². The number of aromatic amines is 1. The molecule has 7 heteroatoms. The zero-order valence-corrected chi connectivity index (χ0v) is 10.5. The van der Waals surface area contributed by atoms with Crippen LogP contribution in [-0.2, 0) is 9.84 Å². The molecule has 1 fully saturated rings. The molecule has 0 unspecified atom stereocenters. The molecule has 2 heterocycles. The van der Waals surface area contributed by atoms with Crippen LogP contribution < -0.4 is 10.9 Å². The molecule has 6 nitrogen and oxygen atoms in total. The van der Waals surface area contributed by atoms with Gasteiger partial charge >= 0.3 is 0 Å². The van der Waals surface area contributed by atoms with Crippen LogP contribution in [0.25, 0.3) is 0 Å². The summed E-state index contributed by atoms with van der Waals surface area (Å²) in [6.07, 6.45) is 0.844. The summed E-state index contributed by atoms with van der Waals surface area (Å²) in [5.41, 5.74) is -0.148. The Labute approximate surface area is 104 Å². The number of sulfone groups is 1. The van der Waals surface area contributed by atoms with Crippen LogP contribution in [0.1, 0.15) is 23.3 Å². The predicted octanol–water partition coefficient (Wildman–Crippen LogP) is -0.318. The van der Waals surface area contributed by atoms with Gasteiger partial charge in [0.1, 0.15) is 15.5 Å². The van der Waals surface area contributed by atoms with Gasteiger partial charge in [-0.15, -0.1) is 0 Å². The molecule has 1 amide bonds. The van der Waals surface area contributed by atoms with Crippen molar-refractivity contribution in [2.75, 3.05) is 11.5 Å². The Hall–Kier alpha value is -1.63. The van der Waals surface area contributed by atoms with Crippen LogP contribution in [0.2, 0.25) is 0 Å². The first-order chi connectivity index (χ1) is 8.46. The second-order valence-electron chi connectivity index (χ2n) is 4.33. The van der Waals surface area contributed by atoms with E-state index in [4.69, 9.17) is 0 Å². The number of nitrogens with one attached hydrogen (secondary N) is 2. The van der Waals surface area contributed by atoms with E-state index in [0.717, 1.165) is 0 Å². The van der Waals surface area contributed by atoms with E-state index in [1.54, 1.807) is 0 Å². The Morgan fingerprint density at radius 2 is 1.94 bits per heavy atom. The summed E-state index contributed by atoms with van der Waals surface area (Å²) in [7, 11) is -2.93. The predicted molar refractivity (Wildman–Crippen MR) is 66.2 cm³/mol. The molecular formula is C11H14N2O4S. The number of hydrogen-bond acceptors (Lipinski definition) is 4. The Kier molecular flexibility index (Phi) is 3.51. The Morgan fingerprint density at radius 3 is 2.56 bits per heavy atom. The number of rotatable bonds is 2. The van der Waals surface area contributed by atoms with Crippen LogP contribution in [0, 0.1) is 0 Å². The van der Waals surface area contributed by atoms with E-state index in [9.17, 15) is 18.0 Å². The van der Waals surface area contributed by atoms with Crippen molar-refractivity contribution in [2.24, 2.45) is 0 Å². The molecule has 1 aliphatic rings. The zero-order valence-electron chi connectivity index (χ0n) is 9.68. The van der Waals surface area contributed by atoms with Gasteiger partial charge in [-0.2, -0.15) is 0 Å². The van der Waals surface area contributed by atoms with Gasteiger partial charge in [0.25, 0.3) is 5.91 Å². The highest BCUT2D eigenvalue weighted by Crippen LogP contribution is 2.12. The van der Waals surface area contributed by atoms with Gasteiger partial charge in [-0.1, -0.05) is 6.07 Å². The zero-order chi connectivity index (χ0) is 13.2. The molecule has 98 valence electrons. The fourth-order valence-electron chi connectivity index (χ4n) is 1.88. The lowest BCUT2D eigenvalue weighted by atomic mass is 10.1. The molecule has 0 atom stereocenters. The summed E-state index contributed by atoms with van der Waals surface area (Å²) in [5, 5.41) is 2.73. The average molecular weight is 270 g/mol. The highest BCUT2D eigenvalue weighted by atomic mass is 32.2. The number of pyridine rings is 1. The molecule has 0 bridgehead atoms. The summed E-state index contributed by atoms with van der Waals surface area (Å²) >= 11 is 0. The van der Waals surface area contributed by atoms with Crippen LogP contribution in [0.4, 0.5) is 0 Å². The van der Waals surface area contributed by atoms with Crippen molar-refractivity contribution in [3.05, 3.63) is 34.2 Å². The molecule has 18 heavy (non-hydrogen) atoms. The molecule has 0 radical (unpaired) electrons. The number of aromatic nitrogens is 1. The molecule has 2 N–H and O–H groups in total. The van der Waals surface area contributed by atoms with Gasteiger partial charge in [0.05, 0.1) is 11.5 Å². The van der Waals surface area contributed by atoms with Gasteiger partial charge in [-0.3, -0.25) is 9.59 Å². The van der Waals surface area contributed by atoms with E-state index in [1.165, 1.54) is 18.2 Å². The third-order valence-corrected chi connectivity index (χ3v) is 4.62. The number of carbonyl (C=O) groups is 1. The quantitative estimate of drug-likeness (QED) is 0.770. The minimum Gasteiger partial charge on any atom is -0.348 e. The summed E-state index contributed by atoms with van der Waals surface area (Å²) < 4.78 is 22.5. The van der Waals surface area contributed by atoms with E-state index < -0.39 is 9.84 Å². The maximum atomic E-state index is 11.8. The lowest BCUT2D eigenvalue weighted by Gasteiger charge is -2.22. The van der Waals surface area contributed by atoms with Gasteiger partial charge in [-0.05, 0) is 18.9 Å². The van der Waals surface area contributed by atoms with Gasteiger partial charge in [-0.25, -0.2) is 8.42 Å². The molecular weight excluding hydrogens is 256 g/mol. The first kappa shape index (κ1) is 12.8. The SMILES string of the molecule is O=C(NC1CCS(=O)(=O)CC1)c1cccc(=O)[nH]1. The molecule has 0 aromatic carbocycles. The third kappa shape index (κ3) is 3.19. The molecule has 0 saturated carbocycles. The third-order valence-electron chi connectivity index (χ3n) is 2.90. The maximum Gasteiger partial charge on any atom is 0.268 e. The van der Waals surface area contributed by atoms with E-state index in [1.807, 2.05) is 0 Å². The topological polar surface area (TPSA) is 96.1 Å². The Balaban J connectivity index is 1.99. The Morgan fingerprint density at radius 1 is 1.28 bits per heavy atom. The molecule has 1 aliphatic heterocycles. The average Bonchev–Trinajstić information content (AvgIpc) is 2.32. The number of carbonyl (C=O) groups excluding carboxylic acids is 1. The van der Waals surface area contributed by atoms with Gasteiger partial charge in [0, 0.05) is 12.1 Å². The normalized spacial score (nSPS) is 19.3. The largest absolute Gasteiger partial charge is 0.348 e. The first-order valence-corrected chi connectivity index (χ1v) is 7.49. The first-order valence-electron chi connectivity index (χ1n) is 5.67. The van der Waals surface area contributed by atoms with Crippen LogP contribution in [-0.4, -0.2) is 36.9 Å². The smallest absolute Gasteiger partial charge is 0.268 e. The maximum absolute atomic E-state index is 11.8. The summed E-state index contributed by atoms with van der Waals surface area (Å²) in [6, 6.07) is 4.18. The molecule has 2 rings (SSSR count). The molecule has 1 saturated heterocycles. The molecule has 0 aliphatic carbocycles. The van der Waals surface area contributed by atoms with Crippen molar-refractivity contribution in [3.63, 3.8) is 0 Å². The second kappa shape index (κ2) is 4.93. The molecule has 1 aromatic heterocycles. The lowest BCUT2D eigenvalue weighted by molar-refractivity contribution is 0.0929. The fraction of sp³-hybridized carbons (Fsp3) is 0.455. The van der Waals surface area contributed by atoms with E-state index in [-0.39, 0.29) is 34.7 Å². The van der Waals surface area contributed by atoms with E-state index >= 15 is 0 Å². The second-order valence-corrected chi connectivity index (χ2v) is 6.63. The fourth-order valence-corrected chi connectivity index (χ4v) is 3.37. The van der Waals surface area contributed by atoms with Crippen LogP contribution in [0.5, 0.6) is 0 Å². The van der Waals surface area contributed by atoms with Crippen LogP contribution in [0.15, 0.2) is 23.0 Å². The number of amides is 1. The standard InChI is InChI=1S/C11H14N2O4S/c14-10-3-1-2-9(13-10)11(15)12-8-4-6-18(16,17)7-5-8/h1-3,8H,4-7H2,(H,12,15)(H,13,14). The highest BCUT2D eigenvalue weighted by molar-refractivity contribution is 7.91. The van der Waals surface area contributed by atoms with Crippen molar-refractivity contribution < 1.29 is 13.2 Å². The van der Waals surface area contributed by atoms with Crippen molar-refractivity contribution in [2.45, 2.75) is 18.9 Å². The highest BCUT2D eigenvalue weighted by Gasteiger charge is 2.24. The minimum atomic E-state index is -2.93. The molecule has 1 aromatic rings. The van der Waals surface area contributed by atoms with Crippen LogP contribution in [0.3, 0.4) is 0 Å². The van der Waals surface area contributed by atoms with E-state index in [0.29, 0.717) is 12.8 Å². The van der Waals surface area contributed by atoms with Gasteiger partial charge < -0.3 is 10.3 Å². The minimum absolute atomic E-state index is 0.100. The van der Waals surface area contributed by atoms with E-state index in [2.05, 4.69) is 10.3 Å². The lowest BCUT2D eigenvalue weighted by Crippen LogP contribution is -2.41. The van der Waals surface area contributed by atoms with Crippen LogP contribution >= 0.6 is 0 Å². The van der Waals surface area contributed by atoms with Gasteiger partial charge in [0.2, 0.25) is 5.56 Å². The Bertz CT molecular complexity index is 591. The summed E-state index contributed by atoms with van der Waals surface area (Å²) in [6.45, 7) is 0. The van der Waals surface area contributed by atoms with Crippen molar-refractivity contribution >= 4 is 15.7 Å². The molecule has 0 spiro atoms. The number of H-pyrrole nitrogens is 1. The van der Waals surface area contributed by atoms with Crippen molar-refractivity contribution in [3.8, 4) is 0 Å². The monoisotopic (exact) mass is 270 g/mol. The summed E-state index contributed by atoms with van der Waals surface area (Å²) in [4.78, 5) is 25.3. The van der Waals surface area contributed by atoms with Gasteiger partial charge in [0.15, 0.2) is 0 Å². The summed E-state index contributed by atoms with van der Waals surface area (Å²) in [5.74, 6) is -0.177. The van der Waals surface area contributed by atoms with Crippen molar-refractivity contribution in [1.82, 2.24) is 10.3 Å². The number of hydrogen-bond donors (Lipinski definition) is 2.